The van der Waals surface area contributed by atoms with Gasteiger partial charge in [-0.15, -0.1) is 0 Å². The van der Waals surface area contributed by atoms with Gasteiger partial charge in [0.2, 0.25) is 0 Å². The summed E-state index contributed by atoms with van der Waals surface area (Å²) in [5, 5.41) is 4.45. The van der Waals surface area contributed by atoms with Crippen molar-refractivity contribution in [3.63, 3.8) is 0 Å². The molecule has 0 fully saturated rings. The number of aryl methyl sites for hydroxylation is 1. The Labute approximate surface area is 108 Å². The Hall–Kier alpha value is -1.61. The lowest BCUT2D eigenvalue weighted by Crippen LogP contribution is -2.27. The number of benzene rings is 1. The molecule has 3 heteroatoms. The molecule has 18 heavy (non-hydrogen) atoms. The highest BCUT2D eigenvalue weighted by molar-refractivity contribution is 5.84. The zero-order valence-corrected chi connectivity index (χ0v) is 11.2. The smallest absolute Gasteiger partial charge is 0.145 e. The van der Waals surface area contributed by atoms with Crippen molar-refractivity contribution in [3.8, 4) is 5.75 Å². The quantitative estimate of drug-likeness (QED) is 0.821. The predicted octanol–water partition coefficient (Wildman–Crippen LogP) is 2.92. The van der Waals surface area contributed by atoms with Gasteiger partial charge < -0.3 is 10.1 Å². The van der Waals surface area contributed by atoms with Crippen molar-refractivity contribution < 1.29 is 4.74 Å². The number of aromatic nitrogens is 1. The summed E-state index contributed by atoms with van der Waals surface area (Å²) in [6.07, 6.45) is 0. The van der Waals surface area contributed by atoms with Crippen molar-refractivity contribution in [1.29, 1.82) is 0 Å². The number of ether oxygens (including phenoxy) is 1. The van der Waals surface area contributed by atoms with E-state index in [1.807, 2.05) is 25.1 Å². The normalized spacial score (nSPS) is 11.1. The first-order chi connectivity index (χ1) is 8.66. The molecule has 0 amide bonds. The number of pyridine rings is 1. The third kappa shape index (κ3) is 3.20. The summed E-state index contributed by atoms with van der Waals surface area (Å²) in [6.45, 7) is 7.76. The van der Waals surface area contributed by atoms with E-state index in [0.717, 1.165) is 28.9 Å². The summed E-state index contributed by atoms with van der Waals surface area (Å²) in [7, 11) is 0. The minimum absolute atomic E-state index is 0.487. The van der Waals surface area contributed by atoms with Crippen LogP contribution in [-0.4, -0.2) is 24.2 Å². The second-order valence-electron chi connectivity index (χ2n) is 4.74. The molecule has 3 nitrogen and oxygen atoms in total. The molecule has 0 bridgehead atoms. The molecule has 0 radical (unpaired) electrons. The van der Waals surface area contributed by atoms with Gasteiger partial charge in [-0.05, 0) is 19.1 Å². The largest absolute Gasteiger partial charge is 0.490 e. The van der Waals surface area contributed by atoms with E-state index in [2.05, 4.69) is 36.3 Å². The highest BCUT2D eigenvalue weighted by Gasteiger charge is 2.03. The Morgan fingerprint density at radius 3 is 2.83 bits per heavy atom. The number of rotatable bonds is 5. The molecule has 0 aliphatic rings. The van der Waals surface area contributed by atoms with E-state index in [1.54, 1.807) is 0 Å². The third-order valence-electron chi connectivity index (χ3n) is 2.73. The summed E-state index contributed by atoms with van der Waals surface area (Å²) in [6, 6.07) is 10.6. The Morgan fingerprint density at radius 1 is 1.22 bits per heavy atom. The molecule has 1 N–H and O–H groups in total. The molecule has 0 atom stereocenters. The van der Waals surface area contributed by atoms with Crippen LogP contribution in [0.15, 0.2) is 30.3 Å². The second kappa shape index (κ2) is 5.83. The van der Waals surface area contributed by atoms with Crippen LogP contribution >= 0.6 is 0 Å². The van der Waals surface area contributed by atoms with Crippen molar-refractivity contribution >= 4 is 10.9 Å². The van der Waals surface area contributed by atoms with Gasteiger partial charge in [-0.2, -0.15) is 0 Å². The van der Waals surface area contributed by atoms with E-state index in [9.17, 15) is 0 Å². The van der Waals surface area contributed by atoms with Crippen LogP contribution in [-0.2, 0) is 0 Å². The van der Waals surface area contributed by atoms with Gasteiger partial charge in [0.05, 0.1) is 0 Å². The first-order valence-corrected chi connectivity index (χ1v) is 6.39. The van der Waals surface area contributed by atoms with Gasteiger partial charge in [-0.25, -0.2) is 4.98 Å². The van der Waals surface area contributed by atoms with Gasteiger partial charge in [0.25, 0.3) is 0 Å². The van der Waals surface area contributed by atoms with E-state index in [1.165, 1.54) is 0 Å². The van der Waals surface area contributed by atoms with Gasteiger partial charge in [0.15, 0.2) is 0 Å². The number of hydrogen-bond acceptors (Lipinski definition) is 3. The second-order valence-corrected chi connectivity index (χ2v) is 4.74. The fourth-order valence-corrected chi connectivity index (χ4v) is 1.84. The molecule has 0 aliphatic carbocycles. The molecule has 96 valence electrons. The summed E-state index contributed by atoms with van der Waals surface area (Å²) >= 11 is 0. The van der Waals surface area contributed by atoms with Crippen molar-refractivity contribution in [1.82, 2.24) is 10.3 Å². The standard InChI is InChI=1S/C15H20N2O/c1-11(2)16-9-10-18-14-6-4-5-13-8-7-12(3)17-15(13)14/h4-8,11,16H,9-10H2,1-3H3. The Kier molecular flexibility index (Phi) is 4.15. The summed E-state index contributed by atoms with van der Waals surface area (Å²) < 4.78 is 5.80. The van der Waals surface area contributed by atoms with E-state index < -0.39 is 0 Å². The van der Waals surface area contributed by atoms with Crippen molar-refractivity contribution in [2.24, 2.45) is 0 Å². The molecule has 0 aliphatic heterocycles. The maximum Gasteiger partial charge on any atom is 0.145 e. The summed E-state index contributed by atoms with van der Waals surface area (Å²) in [5.41, 5.74) is 1.96. The molecule has 1 aromatic heterocycles. The number of para-hydroxylation sites is 1. The number of fused-ring (bicyclic) bond motifs is 1. The number of hydrogen-bond donors (Lipinski definition) is 1. The van der Waals surface area contributed by atoms with E-state index in [-0.39, 0.29) is 0 Å². The fraction of sp³-hybridized carbons (Fsp3) is 0.400. The average Bonchev–Trinajstić information content (AvgIpc) is 2.34. The van der Waals surface area contributed by atoms with Gasteiger partial charge in [-0.1, -0.05) is 32.0 Å². The van der Waals surface area contributed by atoms with E-state index in [0.29, 0.717) is 12.6 Å². The highest BCUT2D eigenvalue weighted by atomic mass is 16.5. The van der Waals surface area contributed by atoms with E-state index in [4.69, 9.17) is 4.74 Å². The average molecular weight is 244 g/mol. The molecule has 0 spiro atoms. The van der Waals surface area contributed by atoms with E-state index >= 15 is 0 Å². The van der Waals surface area contributed by atoms with Crippen molar-refractivity contribution in [2.75, 3.05) is 13.2 Å². The predicted molar refractivity (Wildman–Crippen MR) is 75.1 cm³/mol. The van der Waals surface area contributed by atoms with Crippen LogP contribution in [0.2, 0.25) is 0 Å². The minimum atomic E-state index is 0.487. The van der Waals surface area contributed by atoms with Crippen LogP contribution in [0.4, 0.5) is 0 Å². The van der Waals surface area contributed by atoms with Crippen LogP contribution < -0.4 is 10.1 Å². The molecular formula is C15H20N2O. The number of nitrogens with one attached hydrogen (secondary N) is 1. The summed E-state index contributed by atoms with van der Waals surface area (Å²) in [5.74, 6) is 0.863. The Morgan fingerprint density at radius 2 is 2.06 bits per heavy atom. The van der Waals surface area contributed by atoms with Gasteiger partial charge in [0, 0.05) is 23.7 Å². The Bertz CT molecular complexity index is 523. The van der Waals surface area contributed by atoms with Crippen molar-refractivity contribution in [3.05, 3.63) is 36.0 Å². The topological polar surface area (TPSA) is 34.1 Å². The molecule has 1 heterocycles. The molecule has 0 saturated heterocycles. The lowest BCUT2D eigenvalue weighted by atomic mass is 10.2. The first-order valence-electron chi connectivity index (χ1n) is 6.39. The van der Waals surface area contributed by atoms with Gasteiger partial charge >= 0.3 is 0 Å². The first kappa shape index (κ1) is 12.8. The van der Waals surface area contributed by atoms with Crippen LogP contribution in [0.25, 0.3) is 10.9 Å². The van der Waals surface area contributed by atoms with Crippen LogP contribution in [0.1, 0.15) is 19.5 Å². The lowest BCUT2D eigenvalue weighted by molar-refractivity contribution is 0.311. The lowest BCUT2D eigenvalue weighted by Gasteiger charge is -2.11. The SMILES string of the molecule is Cc1ccc2cccc(OCCNC(C)C)c2n1. The van der Waals surface area contributed by atoms with Gasteiger partial charge in [0.1, 0.15) is 17.9 Å². The molecule has 0 unspecified atom stereocenters. The summed E-state index contributed by atoms with van der Waals surface area (Å²) in [4.78, 5) is 4.54. The molecule has 2 aromatic rings. The number of nitrogens with zero attached hydrogens (tertiary/aromatic N) is 1. The van der Waals surface area contributed by atoms with Crippen LogP contribution in [0.3, 0.4) is 0 Å². The molecule has 2 rings (SSSR count). The monoisotopic (exact) mass is 244 g/mol. The third-order valence-corrected chi connectivity index (χ3v) is 2.73. The van der Waals surface area contributed by atoms with Crippen LogP contribution in [0.5, 0.6) is 5.75 Å². The fourth-order valence-electron chi connectivity index (χ4n) is 1.84. The molecule has 0 saturated carbocycles. The van der Waals surface area contributed by atoms with Crippen LogP contribution in [0, 0.1) is 6.92 Å². The maximum absolute atomic E-state index is 5.80. The molecular weight excluding hydrogens is 224 g/mol. The Balaban J connectivity index is 2.10. The van der Waals surface area contributed by atoms with Crippen molar-refractivity contribution in [2.45, 2.75) is 26.8 Å². The molecule has 1 aromatic carbocycles. The van der Waals surface area contributed by atoms with Gasteiger partial charge in [-0.3, -0.25) is 0 Å². The zero-order chi connectivity index (χ0) is 13.0. The zero-order valence-electron chi connectivity index (χ0n) is 11.2. The highest BCUT2D eigenvalue weighted by Crippen LogP contribution is 2.23. The minimum Gasteiger partial charge on any atom is -0.490 e. The maximum atomic E-state index is 5.80.